The summed E-state index contributed by atoms with van der Waals surface area (Å²) in [6, 6.07) is 0.530. The summed E-state index contributed by atoms with van der Waals surface area (Å²) in [6.07, 6.45) is 4.04. The van der Waals surface area contributed by atoms with Gasteiger partial charge >= 0.3 is 5.97 Å². The third-order valence-corrected chi connectivity index (χ3v) is 4.11. The number of rotatable bonds is 4. The first-order valence-electron chi connectivity index (χ1n) is 6.30. The molecule has 2 fully saturated rings. The number of carbonyl (C=O) groups excluding carboxylic acids is 1. The van der Waals surface area contributed by atoms with E-state index in [1.165, 1.54) is 19.4 Å². The summed E-state index contributed by atoms with van der Waals surface area (Å²) < 4.78 is 5.08. The molecular formula is C12H22N2O2. The van der Waals surface area contributed by atoms with Gasteiger partial charge in [-0.2, -0.15) is 0 Å². The van der Waals surface area contributed by atoms with Crippen molar-refractivity contribution >= 4 is 5.97 Å². The van der Waals surface area contributed by atoms with Crippen molar-refractivity contribution in [1.82, 2.24) is 10.2 Å². The SMILES string of the molecule is CCOC(=O)CC1(NC)CCN2CCCC21. The molecular weight excluding hydrogens is 204 g/mol. The van der Waals surface area contributed by atoms with Crippen LogP contribution in [0.15, 0.2) is 0 Å². The molecule has 0 aromatic rings. The molecule has 2 aliphatic heterocycles. The lowest BCUT2D eigenvalue weighted by atomic mass is 9.85. The van der Waals surface area contributed by atoms with Crippen LogP contribution in [0.1, 0.15) is 32.6 Å². The molecule has 0 aliphatic carbocycles. The first-order chi connectivity index (χ1) is 7.72. The predicted molar refractivity (Wildman–Crippen MR) is 62.3 cm³/mol. The van der Waals surface area contributed by atoms with Crippen molar-refractivity contribution in [2.24, 2.45) is 0 Å². The lowest BCUT2D eigenvalue weighted by molar-refractivity contribution is -0.145. The molecule has 4 heteroatoms. The highest BCUT2D eigenvalue weighted by Crippen LogP contribution is 2.38. The normalized spacial score (nSPS) is 34.0. The Kier molecular flexibility index (Phi) is 3.50. The van der Waals surface area contributed by atoms with E-state index in [9.17, 15) is 4.79 Å². The van der Waals surface area contributed by atoms with Crippen LogP contribution in [0, 0.1) is 0 Å². The molecule has 0 aromatic heterocycles. The second-order valence-corrected chi connectivity index (χ2v) is 4.83. The van der Waals surface area contributed by atoms with Crippen molar-refractivity contribution in [1.29, 1.82) is 0 Å². The Bertz CT molecular complexity index is 270. The van der Waals surface area contributed by atoms with Crippen LogP contribution in [0.5, 0.6) is 0 Å². The number of hydrogen-bond acceptors (Lipinski definition) is 4. The Morgan fingerprint density at radius 2 is 2.38 bits per heavy atom. The van der Waals surface area contributed by atoms with E-state index in [-0.39, 0.29) is 11.5 Å². The molecule has 2 unspecified atom stereocenters. The van der Waals surface area contributed by atoms with Gasteiger partial charge in [0.2, 0.25) is 0 Å². The molecule has 0 spiro atoms. The average molecular weight is 226 g/mol. The van der Waals surface area contributed by atoms with Crippen LogP contribution >= 0.6 is 0 Å². The van der Waals surface area contributed by atoms with E-state index in [0.717, 1.165) is 13.0 Å². The molecule has 2 aliphatic rings. The molecule has 0 aromatic carbocycles. The standard InChI is InChI=1S/C12H22N2O2/c1-3-16-11(15)9-12(13-2)6-8-14-7-4-5-10(12)14/h10,13H,3-9H2,1-2H3. The van der Waals surface area contributed by atoms with Crippen molar-refractivity contribution in [3.63, 3.8) is 0 Å². The molecule has 2 atom stereocenters. The van der Waals surface area contributed by atoms with E-state index < -0.39 is 0 Å². The molecule has 2 saturated heterocycles. The van der Waals surface area contributed by atoms with Crippen LogP contribution in [-0.4, -0.2) is 49.2 Å². The Morgan fingerprint density at radius 1 is 1.56 bits per heavy atom. The van der Waals surface area contributed by atoms with E-state index in [1.807, 2.05) is 14.0 Å². The van der Waals surface area contributed by atoms with Gasteiger partial charge in [0.15, 0.2) is 0 Å². The van der Waals surface area contributed by atoms with E-state index in [1.54, 1.807) is 0 Å². The topological polar surface area (TPSA) is 41.6 Å². The van der Waals surface area contributed by atoms with E-state index >= 15 is 0 Å². The summed E-state index contributed by atoms with van der Waals surface area (Å²) in [7, 11) is 1.97. The van der Waals surface area contributed by atoms with Crippen molar-refractivity contribution in [3.8, 4) is 0 Å². The van der Waals surface area contributed by atoms with Gasteiger partial charge in [-0.3, -0.25) is 9.69 Å². The summed E-state index contributed by atoms with van der Waals surface area (Å²) in [5, 5.41) is 3.40. The zero-order chi connectivity index (χ0) is 11.6. The number of likely N-dealkylation sites (N-methyl/N-ethyl adjacent to an activating group) is 1. The minimum Gasteiger partial charge on any atom is -0.466 e. The van der Waals surface area contributed by atoms with Crippen LogP contribution in [0.2, 0.25) is 0 Å². The maximum absolute atomic E-state index is 11.7. The first kappa shape index (κ1) is 11.9. The number of carbonyl (C=O) groups is 1. The summed E-state index contributed by atoms with van der Waals surface area (Å²) in [6.45, 7) is 4.65. The summed E-state index contributed by atoms with van der Waals surface area (Å²) in [5.41, 5.74) is -0.0389. The Hall–Kier alpha value is -0.610. The molecule has 4 nitrogen and oxygen atoms in total. The molecule has 0 saturated carbocycles. The third-order valence-electron chi connectivity index (χ3n) is 4.11. The number of fused-ring (bicyclic) bond motifs is 1. The van der Waals surface area contributed by atoms with Gasteiger partial charge < -0.3 is 10.1 Å². The first-order valence-corrected chi connectivity index (χ1v) is 6.30. The molecule has 92 valence electrons. The monoisotopic (exact) mass is 226 g/mol. The van der Waals surface area contributed by atoms with Gasteiger partial charge in [0.05, 0.1) is 13.0 Å². The third kappa shape index (κ3) is 1.96. The van der Waals surface area contributed by atoms with Gasteiger partial charge in [0.25, 0.3) is 0 Å². The average Bonchev–Trinajstić information content (AvgIpc) is 2.83. The molecule has 16 heavy (non-hydrogen) atoms. The number of esters is 1. The molecule has 1 N–H and O–H groups in total. The van der Waals surface area contributed by atoms with Crippen LogP contribution in [-0.2, 0) is 9.53 Å². The number of nitrogens with one attached hydrogen (secondary N) is 1. The lowest BCUT2D eigenvalue weighted by Gasteiger charge is -2.34. The summed E-state index contributed by atoms with van der Waals surface area (Å²) in [4.78, 5) is 14.2. The van der Waals surface area contributed by atoms with Crippen molar-refractivity contribution < 1.29 is 9.53 Å². The van der Waals surface area contributed by atoms with Crippen LogP contribution in [0.3, 0.4) is 0 Å². The Labute approximate surface area is 97.3 Å². The fourth-order valence-corrected chi connectivity index (χ4v) is 3.29. The minimum absolute atomic E-state index is 0.0389. The molecule has 2 rings (SSSR count). The van der Waals surface area contributed by atoms with Gasteiger partial charge in [0.1, 0.15) is 0 Å². The van der Waals surface area contributed by atoms with Crippen molar-refractivity contribution in [2.75, 3.05) is 26.7 Å². The number of ether oxygens (including phenoxy) is 1. The highest BCUT2D eigenvalue weighted by atomic mass is 16.5. The zero-order valence-corrected chi connectivity index (χ0v) is 10.3. The van der Waals surface area contributed by atoms with Crippen LogP contribution < -0.4 is 5.32 Å². The van der Waals surface area contributed by atoms with Gasteiger partial charge in [-0.15, -0.1) is 0 Å². The Morgan fingerprint density at radius 3 is 3.06 bits per heavy atom. The van der Waals surface area contributed by atoms with Crippen molar-refractivity contribution in [3.05, 3.63) is 0 Å². The highest BCUT2D eigenvalue weighted by Gasteiger charge is 2.49. The quantitative estimate of drug-likeness (QED) is 0.719. The Balaban J connectivity index is 2.04. The number of hydrogen-bond donors (Lipinski definition) is 1. The summed E-state index contributed by atoms with van der Waals surface area (Å²) >= 11 is 0. The minimum atomic E-state index is -0.0643. The smallest absolute Gasteiger partial charge is 0.307 e. The van der Waals surface area contributed by atoms with Gasteiger partial charge in [-0.05, 0) is 39.8 Å². The lowest BCUT2D eigenvalue weighted by Crippen LogP contribution is -2.52. The molecule has 2 heterocycles. The van der Waals surface area contributed by atoms with Crippen LogP contribution in [0.4, 0.5) is 0 Å². The fraction of sp³-hybridized carbons (Fsp3) is 0.917. The second kappa shape index (κ2) is 4.72. The highest BCUT2D eigenvalue weighted by molar-refractivity contribution is 5.71. The maximum atomic E-state index is 11.7. The molecule has 0 radical (unpaired) electrons. The van der Waals surface area contributed by atoms with Gasteiger partial charge in [0, 0.05) is 18.1 Å². The zero-order valence-electron chi connectivity index (χ0n) is 10.3. The van der Waals surface area contributed by atoms with E-state index in [0.29, 0.717) is 19.1 Å². The second-order valence-electron chi connectivity index (χ2n) is 4.83. The fourth-order valence-electron chi connectivity index (χ4n) is 3.29. The summed E-state index contributed by atoms with van der Waals surface area (Å²) in [5.74, 6) is -0.0643. The largest absolute Gasteiger partial charge is 0.466 e. The van der Waals surface area contributed by atoms with Gasteiger partial charge in [-0.25, -0.2) is 0 Å². The number of nitrogens with zero attached hydrogens (tertiary/aromatic N) is 1. The van der Waals surface area contributed by atoms with E-state index in [2.05, 4.69) is 10.2 Å². The van der Waals surface area contributed by atoms with E-state index in [4.69, 9.17) is 4.74 Å². The predicted octanol–water partition coefficient (Wildman–Crippen LogP) is 0.766. The van der Waals surface area contributed by atoms with Crippen molar-refractivity contribution in [2.45, 2.75) is 44.2 Å². The maximum Gasteiger partial charge on any atom is 0.307 e. The molecule has 0 amide bonds. The van der Waals surface area contributed by atoms with Gasteiger partial charge in [-0.1, -0.05) is 0 Å². The molecule has 0 bridgehead atoms. The van der Waals surface area contributed by atoms with Crippen LogP contribution in [0.25, 0.3) is 0 Å².